The summed E-state index contributed by atoms with van der Waals surface area (Å²) in [4.78, 5) is 11.7. The molecule has 152 valence electrons. The molecule has 0 aromatic rings. The van der Waals surface area contributed by atoms with Gasteiger partial charge in [-0.05, 0) is 94.4 Å². The molecule has 0 aromatic heterocycles. The van der Waals surface area contributed by atoms with Crippen LogP contribution in [-0.4, -0.2) is 36.8 Å². The maximum Gasteiger partial charge on any atom is 0.246 e. The molecule has 0 aliphatic heterocycles. The summed E-state index contributed by atoms with van der Waals surface area (Å²) in [6.45, 7) is 13.6. The van der Waals surface area contributed by atoms with Gasteiger partial charge in [0.1, 0.15) is 0 Å². The molecule has 3 saturated carbocycles. The Kier molecular flexibility index (Phi) is 6.80. The van der Waals surface area contributed by atoms with Crippen molar-refractivity contribution < 1.29 is 9.90 Å². The van der Waals surface area contributed by atoms with E-state index in [1.165, 1.54) is 32.1 Å². The van der Waals surface area contributed by atoms with Crippen LogP contribution in [0, 0.1) is 35.5 Å². The van der Waals surface area contributed by atoms with Crippen molar-refractivity contribution in [2.45, 2.75) is 58.5 Å². The van der Waals surface area contributed by atoms with Crippen LogP contribution in [0.1, 0.15) is 52.4 Å². The summed E-state index contributed by atoms with van der Waals surface area (Å²) in [5.41, 5.74) is 1.44. The Balaban J connectivity index is 1.40. The molecule has 0 saturated heterocycles. The number of hydrogen-bond donors (Lipinski definition) is 3. The average molecular weight is 375 g/mol. The summed E-state index contributed by atoms with van der Waals surface area (Å²) in [5.74, 6) is 5.34. The van der Waals surface area contributed by atoms with Crippen molar-refractivity contribution in [1.29, 1.82) is 0 Å². The van der Waals surface area contributed by atoms with Crippen LogP contribution in [0.15, 0.2) is 24.3 Å². The first-order chi connectivity index (χ1) is 12.9. The normalized spacial score (nSPS) is 35.1. The number of carbonyl (C=O) groups excluding carboxylic acids is 1. The predicted molar refractivity (Wildman–Crippen MR) is 110 cm³/mol. The highest BCUT2D eigenvalue weighted by molar-refractivity contribution is 5.91. The van der Waals surface area contributed by atoms with Crippen LogP contribution in [0.4, 0.5) is 0 Å². The number of nitrogens with one attached hydrogen (secondary N) is 2. The van der Waals surface area contributed by atoms with Gasteiger partial charge in [0.2, 0.25) is 5.91 Å². The molecule has 6 unspecified atom stereocenters. The molecule has 2 bridgehead atoms. The number of aliphatic hydroxyl groups excluding tert-OH is 1. The van der Waals surface area contributed by atoms with E-state index in [-0.39, 0.29) is 5.91 Å². The van der Waals surface area contributed by atoms with E-state index < -0.39 is 6.10 Å². The van der Waals surface area contributed by atoms with E-state index in [1.54, 1.807) is 6.92 Å². The zero-order valence-corrected chi connectivity index (χ0v) is 17.2. The molecule has 3 aliphatic rings. The Bertz CT molecular complexity index is 573. The van der Waals surface area contributed by atoms with Crippen molar-refractivity contribution in [3.8, 4) is 0 Å². The highest BCUT2D eigenvalue weighted by atomic mass is 16.3. The minimum Gasteiger partial charge on any atom is -0.387 e. The third-order valence-electron chi connectivity index (χ3n) is 7.58. The van der Waals surface area contributed by atoms with Gasteiger partial charge in [0.05, 0.1) is 6.10 Å². The molecule has 3 N–H and O–H groups in total. The maximum absolute atomic E-state index is 11.7. The summed E-state index contributed by atoms with van der Waals surface area (Å²) in [7, 11) is 0. The highest BCUT2D eigenvalue weighted by Crippen LogP contribution is 2.63. The van der Waals surface area contributed by atoms with Crippen molar-refractivity contribution in [2.75, 3.05) is 19.6 Å². The average Bonchev–Trinajstić information content (AvgIpc) is 3.30. The van der Waals surface area contributed by atoms with Gasteiger partial charge < -0.3 is 15.7 Å². The molecular weight excluding hydrogens is 336 g/mol. The lowest BCUT2D eigenvalue weighted by molar-refractivity contribution is -0.117. The standard InChI is InChI=1S/C23H38N2O2/c1-14(2)21(26)13-24-9-7-16-5-6-19-20-12-18(22(16)19)11-17(20)8-10-25-23(27)15(3)4/h16-22,24,26H,1,3,5-13H2,2,4H3,(H,25,27)/t16?,17-,18?,19?,20?,21?,22?/m1/s1. The second-order valence-corrected chi connectivity index (χ2v) is 9.41. The van der Waals surface area contributed by atoms with Gasteiger partial charge in [-0.3, -0.25) is 4.79 Å². The van der Waals surface area contributed by atoms with Crippen LogP contribution in [0.25, 0.3) is 0 Å². The fourth-order valence-electron chi connectivity index (χ4n) is 6.31. The number of aliphatic hydroxyl groups is 1. The molecule has 0 spiro atoms. The van der Waals surface area contributed by atoms with Crippen LogP contribution in [0.5, 0.6) is 0 Å². The van der Waals surface area contributed by atoms with E-state index in [2.05, 4.69) is 23.8 Å². The molecule has 4 nitrogen and oxygen atoms in total. The Morgan fingerprint density at radius 2 is 1.81 bits per heavy atom. The van der Waals surface area contributed by atoms with Crippen molar-refractivity contribution >= 4 is 5.91 Å². The summed E-state index contributed by atoms with van der Waals surface area (Å²) >= 11 is 0. The molecule has 27 heavy (non-hydrogen) atoms. The van der Waals surface area contributed by atoms with Crippen LogP contribution in [0.3, 0.4) is 0 Å². The number of hydrogen-bond acceptors (Lipinski definition) is 3. The largest absolute Gasteiger partial charge is 0.387 e. The molecule has 0 radical (unpaired) electrons. The van der Waals surface area contributed by atoms with Gasteiger partial charge in [0, 0.05) is 18.7 Å². The van der Waals surface area contributed by atoms with E-state index in [4.69, 9.17) is 0 Å². The van der Waals surface area contributed by atoms with Crippen molar-refractivity contribution in [3.63, 3.8) is 0 Å². The van der Waals surface area contributed by atoms with Crippen LogP contribution in [0.2, 0.25) is 0 Å². The summed E-state index contributed by atoms with van der Waals surface area (Å²) in [6, 6.07) is 0. The molecule has 3 aliphatic carbocycles. The minimum atomic E-state index is -0.421. The minimum absolute atomic E-state index is 0.00114. The van der Waals surface area contributed by atoms with E-state index >= 15 is 0 Å². The first-order valence-corrected chi connectivity index (χ1v) is 10.9. The SMILES string of the molecule is C=C(C)C(=O)NCC[C@@H]1CC2CC1C1CCC(CCNCC(O)C(=C)C)C21. The lowest BCUT2D eigenvalue weighted by Crippen LogP contribution is -2.33. The molecule has 4 heteroatoms. The zero-order valence-electron chi connectivity index (χ0n) is 17.2. The van der Waals surface area contributed by atoms with E-state index in [0.717, 1.165) is 60.6 Å². The number of carbonyl (C=O) groups is 1. The Morgan fingerprint density at radius 3 is 2.52 bits per heavy atom. The second kappa shape index (κ2) is 8.91. The van der Waals surface area contributed by atoms with Gasteiger partial charge in [-0.2, -0.15) is 0 Å². The quantitative estimate of drug-likeness (QED) is 0.312. The first kappa shape index (κ1) is 20.6. The van der Waals surface area contributed by atoms with Gasteiger partial charge >= 0.3 is 0 Å². The summed E-state index contributed by atoms with van der Waals surface area (Å²) in [5, 5.41) is 16.3. The molecule has 3 fully saturated rings. The van der Waals surface area contributed by atoms with Gasteiger partial charge in [-0.1, -0.05) is 18.7 Å². The maximum atomic E-state index is 11.7. The van der Waals surface area contributed by atoms with Gasteiger partial charge in [-0.25, -0.2) is 0 Å². The Hall–Kier alpha value is -1.13. The number of amides is 1. The molecule has 3 rings (SSSR count). The third-order valence-corrected chi connectivity index (χ3v) is 7.58. The molecule has 0 aromatic carbocycles. The van der Waals surface area contributed by atoms with Crippen LogP contribution in [-0.2, 0) is 4.79 Å². The highest BCUT2D eigenvalue weighted by Gasteiger charge is 2.56. The lowest BCUT2D eigenvalue weighted by atomic mass is 9.72. The summed E-state index contributed by atoms with van der Waals surface area (Å²) < 4.78 is 0. The van der Waals surface area contributed by atoms with Gasteiger partial charge in [0.25, 0.3) is 0 Å². The number of rotatable bonds is 10. The predicted octanol–water partition coefficient (Wildman–Crippen LogP) is 3.28. The van der Waals surface area contributed by atoms with Crippen LogP contribution < -0.4 is 10.6 Å². The molecular formula is C23H38N2O2. The monoisotopic (exact) mass is 374 g/mol. The van der Waals surface area contributed by atoms with Gasteiger partial charge in [-0.15, -0.1) is 0 Å². The second-order valence-electron chi connectivity index (χ2n) is 9.41. The Labute approximate surface area is 164 Å². The van der Waals surface area contributed by atoms with E-state index in [0.29, 0.717) is 12.1 Å². The number of fused-ring (bicyclic) bond motifs is 5. The summed E-state index contributed by atoms with van der Waals surface area (Å²) in [6.07, 6.45) is 7.53. The van der Waals surface area contributed by atoms with E-state index in [1.807, 2.05) is 6.92 Å². The van der Waals surface area contributed by atoms with Crippen LogP contribution >= 0.6 is 0 Å². The Morgan fingerprint density at radius 1 is 1.07 bits per heavy atom. The van der Waals surface area contributed by atoms with Crippen molar-refractivity contribution in [2.24, 2.45) is 35.5 Å². The van der Waals surface area contributed by atoms with Crippen molar-refractivity contribution in [1.82, 2.24) is 10.6 Å². The molecule has 7 atom stereocenters. The topological polar surface area (TPSA) is 61.4 Å². The smallest absolute Gasteiger partial charge is 0.246 e. The first-order valence-electron chi connectivity index (χ1n) is 10.9. The zero-order chi connectivity index (χ0) is 19.6. The fourth-order valence-corrected chi connectivity index (χ4v) is 6.31. The lowest BCUT2D eigenvalue weighted by Gasteiger charge is -2.34. The van der Waals surface area contributed by atoms with E-state index in [9.17, 15) is 9.90 Å². The molecule has 1 amide bonds. The van der Waals surface area contributed by atoms with Gasteiger partial charge in [0.15, 0.2) is 0 Å². The fraction of sp³-hybridized carbons (Fsp3) is 0.783. The third kappa shape index (κ3) is 4.65. The van der Waals surface area contributed by atoms with Crippen molar-refractivity contribution in [3.05, 3.63) is 24.3 Å². The molecule has 0 heterocycles.